The fourth-order valence-electron chi connectivity index (χ4n) is 3.75. The minimum Gasteiger partial charge on any atom is -0.323 e. The molecule has 0 fully saturated rings. The number of benzene rings is 3. The van der Waals surface area contributed by atoms with Crippen molar-refractivity contribution in [1.82, 2.24) is 9.13 Å². The van der Waals surface area contributed by atoms with Gasteiger partial charge >= 0.3 is 0 Å². The summed E-state index contributed by atoms with van der Waals surface area (Å²) in [4.78, 5) is 0. The van der Waals surface area contributed by atoms with Crippen molar-refractivity contribution in [2.24, 2.45) is 0 Å². The lowest BCUT2D eigenvalue weighted by Crippen LogP contribution is -2.14. The Morgan fingerprint density at radius 2 is 1.07 bits per heavy atom. The molecule has 5 rings (SSSR count). The van der Waals surface area contributed by atoms with Crippen LogP contribution in [0.15, 0.2) is 109 Å². The number of aromatic nitrogens is 2. The van der Waals surface area contributed by atoms with Gasteiger partial charge in [-0.25, -0.2) is 0 Å². The average Bonchev–Trinajstić information content (AvgIpc) is 3.34. The van der Waals surface area contributed by atoms with Gasteiger partial charge in [-0.1, -0.05) is 72.8 Å². The minimum absolute atomic E-state index is 0.0602. The lowest BCUT2D eigenvalue weighted by atomic mass is 10.2. The van der Waals surface area contributed by atoms with Crippen LogP contribution in [-0.4, -0.2) is 9.13 Å². The summed E-state index contributed by atoms with van der Waals surface area (Å²) in [5.74, 6) is 0. The summed E-state index contributed by atoms with van der Waals surface area (Å²) in [5, 5.41) is 2.51. The van der Waals surface area contributed by atoms with Crippen LogP contribution in [0.4, 0.5) is 0 Å². The number of nitrogens with zero attached hydrogens (tertiary/aromatic N) is 2. The van der Waals surface area contributed by atoms with Gasteiger partial charge in [0.15, 0.2) is 0 Å². The number of hydrogen-bond donors (Lipinski definition) is 0. The van der Waals surface area contributed by atoms with E-state index in [1.54, 1.807) is 0 Å². The van der Waals surface area contributed by atoms with Gasteiger partial charge in [-0.05, 0) is 46.7 Å². The fourth-order valence-corrected chi connectivity index (χ4v) is 3.75. The highest BCUT2D eigenvalue weighted by molar-refractivity contribution is 5.82. The molecule has 2 nitrogen and oxygen atoms in total. The first-order valence-electron chi connectivity index (χ1n) is 9.24. The van der Waals surface area contributed by atoms with Crippen LogP contribution in [0, 0.1) is 0 Å². The average molecular weight is 348 g/mol. The molecule has 0 radical (unpaired) electrons. The number of fused-ring (bicyclic) bond motifs is 2. The predicted molar refractivity (Wildman–Crippen MR) is 114 cm³/mol. The largest absolute Gasteiger partial charge is 0.323 e. The fraction of sp³-hybridized carbons (Fsp3) is 0.0400. The van der Waals surface area contributed by atoms with E-state index < -0.39 is 0 Å². The van der Waals surface area contributed by atoms with Crippen LogP contribution in [-0.2, 0) is 0 Å². The first-order chi connectivity index (χ1) is 13.4. The van der Waals surface area contributed by atoms with Crippen molar-refractivity contribution >= 4 is 27.9 Å². The smallest absolute Gasteiger partial charge is 0.129 e. The predicted octanol–water partition coefficient (Wildman–Crippen LogP) is 6.36. The molecule has 3 aromatic carbocycles. The third kappa shape index (κ3) is 2.85. The SMILES string of the molecule is C(=C\C(n1ccc2ccccc21)n1ccc2ccccc21)/c1ccccc1. The third-order valence-electron chi connectivity index (χ3n) is 5.09. The van der Waals surface area contributed by atoms with Crippen LogP contribution in [0.1, 0.15) is 11.7 Å². The molecule has 0 aliphatic heterocycles. The molecular formula is C25H20N2. The van der Waals surface area contributed by atoms with Crippen LogP contribution < -0.4 is 0 Å². The Labute approximate surface area is 158 Å². The van der Waals surface area contributed by atoms with Crippen LogP contribution in [0.3, 0.4) is 0 Å². The van der Waals surface area contributed by atoms with Crippen molar-refractivity contribution in [3.8, 4) is 0 Å². The van der Waals surface area contributed by atoms with Gasteiger partial charge in [0.1, 0.15) is 6.17 Å². The normalized spacial score (nSPS) is 11.9. The Hall–Kier alpha value is -3.52. The van der Waals surface area contributed by atoms with E-state index in [1.165, 1.54) is 27.4 Å². The van der Waals surface area contributed by atoms with E-state index in [0.29, 0.717) is 0 Å². The standard InChI is InChI=1S/C25H20N2/c1-2-8-20(9-3-1)14-15-25(26-18-16-21-10-4-6-12-23(21)26)27-19-17-22-11-5-7-13-24(22)27/h1-19,25H/b15-14+. The van der Waals surface area contributed by atoms with Gasteiger partial charge in [0.25, 0.3) is 0 Å². The zero-order valence-corrected chi connectivity index (χ0v) is 14.9. The molecule has 5 aromatic rings. The number of rotatable bonds is 4. The Morgan fingerprint density at radius 3 is 1.67 bits per heavy atom. The Morgan fingerprint density at radius 1 is 0.556 bits per heavy atom. The van der Waals surface area contributed by atoms with E-state index in [4.69, 9.17) is 0 Å². The van der Waals surface area contributed by atoms with Gasteiger partial charge in [-0.2, -0.15) is 0 Å². The maximum atomic E-state index is 2.33. The zero-order valence-electron chi connectivity index (χ0n) is 14.9. The van der Waals surface area contributed by atoms with Gasteiger partial charge in [-0.15, -0.1) is 0 Å². The van der Waals surface area contributed by atoms with E-state index >= 15 is 0 Å². The molecule has 0 aliphatic rings. The Bertz CT molecular complexity index is 1150. The lowest BCUT2D eigenvalue weighted by molar-refractivity contribution is 0.554. The minimum atomic E-state index is 0.0602. The second-order valence-electron chi connectivity index (χ2n) is 6.75. The monoisotopic (exact) mass is 348 g/mol. The molecule has 0 bridgehead atoms. The van der Waals surface area contributed by atoms with Crippen LogP contribution in [0.2, 0.25) is 0 Å². The molecule has 27 heavy (non-hydrogen) atoms. The zero-order chi connectivity index (χ0) is 18.1. The van der Waals surface area contributed by atoms with E-state index in [0.717, 1.165) is 0 Å². The summed E-state index contributed by atoms with van der Waals surface area (Å²) >= 11 is 0. The molecule has 0 atom stereocenters. The second-order valence-corrected chi connectivity index (χ2v) is 6.75. The lowest BCUT2D eigenvalue weighted by Gasteiger charge is -2.20. The highest BCUT2D eigenvalue weighted by Crippen LogP contribution is 2.27. The summed E-state index contributed by atoms with van der Waals surface area (Å²) in [6.07, 6.45) is 8.89. The Kier molecular flexibility index (Phi) is 3.87. The molecule has 0 spiro atoms. The van der Waals surface area contributed by atoms with Crippen molar-refractivity contribution < 1.29 is 0 Å². The van der Waals surface area contributed by atoms with Crippen LogP contribution in [0.5, 0.6) is 0 Å². The molecule has 0 saturated carbocycles. The molecule has 2 heteroatoms. The molecule has 2 heterocycles. The van der Waals surface area contributed by atoms with Gasteiger partial charge in [0.05, 0.1) is 11.0 Å². The van der Waals surface area contributed by atoms with Gasteiger partial charge in [0.2, 0.25) is 0 Å². The first kappa shape index (κ1) is 15.7. The third-order valence-corrected chi connectivity index (χ3v) is 5.09. The van der Waals surface area contributed by atoms with Crippen molar-refractivity contribution in [2.75, 3.05) is 0 Å². The molecule has 0 saturated heterocycles. The highest BCUT2D eigenvalue weighted by atomic mass is 15.2. The number of para-hydroxylation sites is 2. The Balaban J connectivity index is 1.69. The second kappa shape index (κ2) is 6.65. The highest BCUT2D eigenvalue weighted by Gasteiger charge is 2.14. The van der Waals surface area contributed by atoms with E-state index in [2.05, 4.69) is 119 Å². The molecule has 0 amide bonds. The molecule has 0 N–H and O–H groups in total. The van der Waals surface area contributed by atoms with E-state index in [1.807, 2.05) is 6.07 Å². The summed E-state index contributed by atoms with van der Waals surface area (Å²) in [7, 11) is 0. The van der Waals surface area contributed by atoms with Gasteiger partial charge < -0.3 is 9.13 Å². The topological polar surface area (TPSA) is 9.86 Å². The van der Waals surface area contributed by atoms with Crippen molar-refractivity contribution in [3.63, 3.8) is 0 Å². The summed E-state index contributed by atoms with van der Waals surface area (Å²) in [6, 6.07) is 31.9. The molecule has 2 aromatic heterocycles. The van der Waals surface area contributed by atoms with Crippen molar-refractivity contribution in [1.29, 1.82) is 0 Å². The summed E-state index contributed by atoms with van der Waals surface area (Å²) < 4.78 is 4.67. The maximum Gasteiger partial charge on any atom is 0.129 e. The van der Waals surface area contributed by atoms with Crippen molar-refractivity contribution in [3.05, 3.63) is 115 Å². The quantitative estimate of drug-likeness (QED) is 0.358. The number of allylic oxidation sites excluding steroid dienone is 1. The molecule has 0 unspecified atom stereocenters. The number of hydrogen-bond acceptors (Lipinski definition) is 0. The maximum absolute atomic E-state index is 2.33. The summed E-state index contributed by atoms with van der Waals surface area (Å²) in [5.41, 5.74) is 3.67. The molecule has 0 aliphatic carbocycles. The van der Waals surface area contributed by atoms with Crippen LogP contribution >= 0.6 is 0 Å². The van der Waals surface area contributed by atoms with E-state index in [9.17, 15) is 0 Å². The van der Waals surface area contributed by atoms with Gasteiger partial charge in [-0.3, -0.25) is 0 Å². The van der Waals surface area contributed by atoms with Crippen LogP contribution in [0.25, 0.3) is 27.9 Å². The summed E-state index contributed by atoms with van der Waals surface area (Å²) in [6.45, 7) is 0. The first-order valence-corrected chi connectivity index (χ1v) is 9.24. The molecular weight excluding hydrogens is 328 g/mol. The van der Waals surface area contributed by atoms with Crippen molar-refractivity contribution in [2.45, 2.75) is 6.17 Å². The van der Waals surface area contributed by atoms with Gasteiger partial charge in [0, 0.05) is 12.4 Å². The molecule has 130 valence electrons. The van der Waals surface area contributed by atoms with E-state index in [-0.39, 0.29) is 6.17 Å².